The molecule has 2 N–H and O–H groups in total. The third-order valence-electron chi connectivity index (χ3n) is 3.53. The molecule has 0 bridgehead atoms. The fourth-order valence-corrected chi connectivity index (χ4v) is 3.04. The van der Waals surface area contributed by atoms with Crippen LogP contribution >= 0.6 is 0 Å². The number of aliphatic hydroxyl groups excluding tert-OH is 1. The van der Waals surface area contributed by atoms with Gasteiger partial charge in [-0.05, 0) is 36.5 Å². The summed E-state index contributed by atoms with van der Waals surface area (Å²) in [6.07, 6.45) is 2.11. The Kier molecular flexibility index (Phi) is 3.85. The Bertz CT molecular complexity index is 564. The second-order valence-electron chi connectivity index (χ2n) is 5.27. The van der Waals surface area contributed by atoms with Crippen molar-refractivity contribution in [2.75, 3.05) is 13.7 Å². The van der Waals surface area contributed by atoms with Crippen molar-refractivity contribution in [1.82, 2.24) is 4.72 Å². The monoisotopic (exact) mass is 285 g/mol. The molecule has 0 amide bonds. The Morgan fingerprint density at radius 2 is 2.11 bits per heavy atom. The van der Waals surface area contributed by atoms with Crippen molar-refractivity contribution in [2.24, 2.45) is 5.41 Å². The molecule has 2 rings (SSSR count). The average Bonchev–Trinajstić information content (AvgIpc) is 3.14. The SMILES string of the molecule is COc1ccc(S(=O)(=O)NCC2(C)CC2)cc1CO. The van der Waals surface area contributed by atoms with E-state index in [-0.39, 0.29) is 16.9 Å². The maximum absolute atomic E-state index is 12.1. The Morgan fingerprint density at radius 3 is 2.63 bits per heavy atom. The van der Waals surface area contributed by atoms with E-state index in [0.717, 1.165) is 12.8 Å². The number of hydrogen-bond acceptors (Lipinski definition) is 4. The third kappa shape index (κ3) is 3.26. The average molecular weight is 285 g/mol. The van der Waals surface area contributed by atoms with Gasteiger partial charge < -0.3 is 9.84 Å². The van der Waals surface area contributed by atoms with Crippen LogP contribution in [-0.2, 0) is 16.6 Å². The van der Waals surface area contributed by atoms with E-state index in [0.29, 0.717) is 17.9 Å². The lowest BCUT2D eigenvalue weighted by Gasteiger charge is -2.12. The summed E-state index contributed by atoms with van der Waals surface area (Å²) in [5.74, 6) is 0.482. The van der Waals surface area contributed by atoms with Gasteiger partial charge in [-0.3, -0.25) is 0 Å². The topological polar surface area (TPSA) is 75.6 Å². The van der Waals surface area contributed by atoms with E-state index in [2.05, 4.69) is 11.6 Å². The van der Waals surface area contributed by atoms with Crippen LogP contribution in [0.5, 0.6) is 5.75 Å². The van der Waals surface area contributed by atoms with Crippen LogP contribution in [0.3, 0.4) is 0 Å². The maximum atomic E-state index is 12.1. The molecule has 0 atom stereocenters. The van der Waals surface area contributed by atoms with Crippen LogP contribution in [0.4, 0.5) is 0 Å². The standard InChI is InChI=1S/C13H19NO4S/c1-13(5-6-13)9-14-19(16,17)11-3-4-12(18-2)10(7-11)8-15/h3-4,7,14-15H,5-6,8-9H2,1-2H3. The number of rotatable bonds is 6. The van der Waals surface area contributed by atoms with E-state index < -0.39 is 10.0 Å². The van der Waals surface area contributed by atoms with Crippen molar-refractivity contribution in [2.45, 2.75) is 31.3 Å². The second kappa shape index (κ2) is 5.11. The fourth-order valence-electron chi connectivity index (χ4n) is 1.79. The van der Waals surface area contributed by atoms with E-state index in [1.807, 2.05) is 0 Å². The third-order valence-corrected chi connectivity index (χ3v) is 4.92. The molecule has 0 unspecified atom stereocenters. The van der Waals surface area contributed by atoms with Crippen molar-refractivity contribution in [1.29, 1.82) is 0 Å². The van der Waals surface area contributed by atoms with Crippen LogP contribution in [0.2, 0.25) is 0 Å². The molecule has 0 spiro atoms. The summed E-state index contributed by atoms with van der Waals surface area (Å²) >= 11 is 0. The lowest BCUT2D eigenvalue weighted by molar-refractivity contribution is 0.273. The molecular formula is C13H19NO4S. The van der Waals surface area contributed by atoms with Crippen LogP contribution in [0.1, 0.15) is 25.3 Å². The summed E-state index contributed by atoms with van der Waals surface area (Å²) in [6.45, 7) is 2.25. The molecule has 1 aromatic carbocycles. The number of methoxy groups -OCH3 is 1. The minimum absolute atomic E-state index is 0.110. The van der Waals surface area contributed by atoms with Crippen LogP contribution in [0.15, 0.2) is 23.1 Å². The largest absolute Gasteiger partial charge is 0.496 e. The molecule has 1 aliphatic rings. The van der Waals surface area contributed by atoms with Gasteiger partial charge in [0.2, 0.25) is 10.0 Å². The predicted molar refractivity (Wildman–Crippen MR) is 71.4 cm³/mol. The zero-order valence-electron chi connectivity index (χ0n) is 11.1. The van der Waals surface area contributed by atoms with Gasteiger partial charge in [-0.2, -0.15) is 0 Å². The molecule has 1 fully saturated rings. The first-order valence-electron chi connectivity index (χ1n) is 6.18. The Morgan fingerprint density at radius 1 is 1.42 bits per heavy atom. The molecule has 6 heteroatoms. The summed E-state index contributed by atoms with van der Waals surface area (Å²) in [5, 5.41) is 9.21. The lowest BCUT2D eigenvalue weighted by atomic mass is 10.2. The summed E-state index contributed by atoms with van der Waals surface area (Å²) in [4.78, 5) is 0.154. The first-order chi connectivity index (χ1) is 8.90. The van der Waals surface area contributed by atoms with E-state index in [4.69, 9.17) is 4.74 Å². The highest BCUT2D eigenvalue weighted by molar-refractivity contribution is 7.89. The van der Waals surface area contributed by atoms with Gasteiger partial charge in [-0.25, -0.2) is 13.1 Å². The fraction of sp³-hybridized carbons (Fsp3) is 0.538. The van der Waals surface area contributed by atoms with E-state index >= 15 is 0 Å². The molecule has 1 aromatic rings. The molecule has 19 heavy (non-hydrogen) atoms. The molecule has 5 nitrogen and oxygen atoms in total. The van der Waals surface area contributed by atoms with Gasteiger partial charge in [-0.1, -0.05) is 6.92 Å². The van der Waals surface area contributed by atoms with E-state index in [1.165, 1.54) is 19.2 Å². The number of ether oxygens (including phenoxy) is 1. The van der Waals surface area contributed by atoms with Gasteiger partial charge in [0, 0.05) is 12.1 Å². The zero-order chi connectivity index (χ0) is 14.1. The van der Waals surface area contributed by atoms with Gasteiger partial charge in [0.25, 0.3) is 0 Å². The van der Waals surface area contributed by atoms with Crippen LogP contribution in [0, 0.1) is 5.41 Å². The Hall–Kier alpha value is -1.11. The first-order valence-corrected chi connectivity index (χ1v) is 7.66. The first kappa shape index (κ1) is 14.3. The second-order valence-corrected chi connectivity index (χ2v) is 7.03. The highest BCUT2D eigenvalue weighted by Gasteiger charge is 2.38. The van der Waals surface area contributed by atoms with Crippen LogP contribution in [-0.4, -0.2) is 27.2 Å². The number of aliphatic hydroxyl groups is 1. The summed E-state index contributed by atoms with van der Waals surface area (Å²) in [6, 6.07) is 4.48. The smallest absolute Gasteiger partial charge is 0.240 e. The predicted octanol–water partition coefficient (Wildman–Crippen LogP) is 1.27. The van der Waals surface area contributed by atoms with Gasteiger partial charge in [0.1, 0.15) is 5.75 Å². The van der Waals surface area contributed by atoms with Crippen molar-refractivity contribution in [3.05, 3.63) is 23.8 Å². The molecule has 1 saturated carbocycles. The zero-order valence-corrected chi connectivity index (χ0v) is 12.0. The molecule has 0 heterocycles. The van der Waals surface area contributed by atoms with Crippen molar-refractivity contribution < 1.29 is 18.3 Å². The summed E-state index contributed by atoms with van der Waals surface area (Å²) in [5.41, 5.74) is 0.572. The molecular weight excluding hydrogens is 266 g/mol. The molecule has 106 valence electrons. The van der Waals surface area contributed by atoms with Gasteiger partial charge in [0.05, 0.1) is 18.6 Å². The molecule has 0 aromatic heterocycles. The molecule has 1 aliphatic carbocycles. The van der Waals surface area contributed by atoms with Crippen molar-refractivity contribution in [3.63, 3.8) is 0 Å². The quantitative estimate of drug-likeness (QED) is 0.825. The van der Waals surface area contributed by atoms with Crippen LogP contribution in [0.25, 0.3) is 0 Å². The van der Waals surface area contributed by atoms with Gasteiger partial charge >= 0.3 is 0 Å². The maximum Gasteiger partial charge on any atom is 0.240 e. The highest BCUT2D eigenvalue weighted by Crippen LogP contribution is 2.44. The Balaban J connectivity index is 2.19. The normalized spacial score (nSPS) is 17.2. The van der Waals surface area contributed by atoms with Crippen LogP contribution < -0.4 is 9.46 Å². The summed E-state index contributed by atoms with van der Waals surface area (Å²) < 4.78 is 32.0. The van der Waals surface area contributed by atoms with Crippen molar-refractivity contribution in [3.8, 4) is 5.75 Å². The summed E-state index contributed by atoms with van der Waals surface area (Å²) in [7, 11) is -2.05. The van der Waals surface area contributed by atoms with Crippen molar-refractivity contribution >= 4 is 10.0 Å². The minimum Gasteiger partial charge on any atom is -0.496 e. The number of benzene rings is 1. The molecule has 0 saturated heterocycles. The molecule has 0 radical (unpaired) electrons. The highest BCUT2D eigenvalue weighted by atomic mass is 32.2. The number of sulfonamides is 1. The number of nitrogens with one attached hydrogen (secondary N) is 1. The van der Waals surface area contributed by atoms with Gasteiger partial charge in [-0.15, -0.1) is 0 Å². The van der Waals surface area contributed by atoms with E-state index in [9.17, 15) is 13.5 Å². The number of hydrogen-bond donors (Lipinski definition) is 2. The minimum atomic E-state index is -3.53. The lowest BCUT2D eigenvalue weighted by Crippen LogP contribution is -2.29. The van der Waals surface area contributed by atoms with Gasteiger partial charge in [0.15, 0.2) is 0 Å². The molecule has 0 aliphatic heterocycles. The van der Waals surface area contributed by atoms with E-state index in [1.54, 1.807) is 6.07 Å². The Labute approximate surface area is 113 Å².